The normalized spacial score (nSPS) is 21.8. The Balaban J connectivity index is 2.00. The molecule has 1 aliphatic rings. The van der Waals surface area contributed by atoms with Crippen LogP contribution in [0.5, 0.6) is 0 Å². The van der Waals surface area contributed by atoms with Crippen molar-refractivity contribution in [1.82, 2.24) is 4.98 Å². The predicted octanol–water partition coefficient (Wildman–Crippen LogP) is 13.6. The number of halogens is 18. The third-order valence-electron chi connectivity index (χ3n) is 9.50. The SMILES string of the molecule is CC1(c2cc(C(F)(F)F)cc(C(F)(F)F)c2)C=C(c2cc(C(F)(F)F)cc(C(F)(F)F)c2)C(c2ccc[nH]2)C(C)(c2cc(C(F)(F)F)cc(C(F)(F)F)c2)C1. The van der Waals surface area contributed by atoms with Gasteiger partial charge >= 0.3 is 37.1 Å². The molecule has 3 aromatic carbocycles. The predicted molar refractivity (Wildman–Crippen MR) is 160 cm³/mol. The summed E-state index contributed by atoms with van der Waals surface area (Å²) in [5.41, 5.74) is -19.9. The fourth-order valence-corrected chi connectivity index (χ4v) is 7.12. The summed E-state index contributed by atoms with van der Waals surface area (Å²) in [6, 6.07) is 2.81. The summed E-state index contributed by atoms with van der Waals surface area (Å²) in [6.45, 7) is 1.89. The molecule has 55 heavy (non-hydrogen) atoms. The van der Waals surface area contributed by atoms with Gasteiger partial charge in [-0.1, -0.05) is 19.9 Å². The maximum atomic E-state index is 14.2. The first kappa shape index (κ1) is 41.6. The maximum absolute atomic E-state index is 14.2. The van der Waals surface area contributed by atoms with Crippen molar-refractivity contribution in [2.45, 2.75) is 74.1 Å². The molecule has 5 rings (SSSR count). The van der Waals surface area contributed by atoms with E-state index in [9.17, 15) is 79.0 Å². The second-order valence-electron chi connectivity index (χ2n) is 13.6. The van der Waals surface area contributed by atoms with Gasteiger partial charge in [-0.2, -0.15) is 79.0 Å². The number of rotatable bonds is 4. The summed E-state index contributed by atoms with van der Waals surface area (Å²) in [7, 11) is 0. The largest absolute Gasteiger partial charge is 0.416 e. The van der Waals surface area contributed by atoms with Crippen molar-refractivity contribution in [1.29, 1.82) is 0 Å². The molecule has 1 heterocycles. The minimum absolute atomic E-state index is 0.184. The second kappa shape index (κ2) is 13.0. The van der Waals surface area contributed by atoms with Gasteiger partial charge in [0.05, 0.1) is 33.4 Å². The van der Waals surface area contributed by atoms with Gasteiger partial charge in [-0.15, -0.1) is 0 Å². The van der Waals surface area contributed by atoms with Gasteiger partial charge in [-0.25, -0.2) is 0 Å². The number of nitrogens with one attached hydrogen (secondary N) is 1. The van der Waals surface area contributed by atoms with Gasteiger partial charge in [0, 0.05) is 28.6 Å². The monoisotopic (exact) mass is 811 g/mol. The first-order chi connectivity index (χ1) is 24.7. The molecule has 1 aliphatic carbocycles. The van der Waals surface area contributed by atoms with Gasteiger partial charge in [-0.05, 0) is 95.4 Å². The average Bonchev–Trinajstić information content (AvgIpc) is 3.55. The van der Waals surface area contributed by atoms with Gasteiger partial charge in [0.15, 0.2) is 0 Å². The van der Waals surface area contributed by atoms with Crippen LogP contribution in [0.4, 0.5) is 79.0 Å². The smallest absolute Gasteiger partial charge is 0.364 e. The number of hydrogen-bond donors (Lipinski definition) is 1. The third-order valence-corrected chi connectivity index (χ3v) is 9.50. The topological polar surface area (TPSA) is 15.8 Å². The molecule has 1 N–H and O–H groups in total. The van der Waals surface area contributed by atoms with Crippen LogP contribution in [-0.2, 0) is 47.9 Å². The van der Waals surface area contributed by atoms with Crippen LogP contribution in [-0.4, -0.2) is 4.98 Å². The quantitative estimate of drug-likeness (QED) is 0.198. The fraction of sp³-hybridized carbons (Fsp3) is 0.333. The number of allylic oxidation sites excluding steroid dienone is 2. The van der Waals surface area contributed by atoms with E-state index in [1.807, 2.05) is 0 Å². The van der Waals surface area contributed by atoms with E-state index in [0.717, 1.165) is 32.2 Å². The average molecular weight is 812 g/mol. The molecule has 0 fully saturated rings. The van der Waals surface area contributed by atoms with Crippen LogP contribution >= 0.6 is 0 Å². The van der Waals surface area contributed by atoms with Crippen molar-refractivity contribution < 1.29 is 79.0 Å². The standard InChI is InChI=1S/C36H23F18N/c1-29(18-8-22(33(43,44)45)13-23(9-18)34(46,47)48)15-26(17-6-20(31(37,38)39)12-21(7-17)32(40,41)42)28(27-4-3-5-55-27)30(2,16-29)19-10-24(35(49,50)51)14-25(11-19)36(52,53)54/h3-15,28,55H,16H2,1-2H3. The Hall–Kier alpha value is -4.58. The molecule has 0 spiro atoms. The zero-order valence-electron chi connectivity index (χ0n) is 27.6. The van der Waals surface area contributed by atoms with Gasteiger partial charge < -0.3 is 4.98 Å². The fourth-order valence-electron chi connectivity index (χ4n) is 7.12. The number of aromatic amines is 1. The zero-order valence-corrected chi connectivity index (χ0v) is 27.6. The van der Waals surface area contributed by atoms with Crippen LogP contribution < -0.4 is 0 Å². The lowest BCUT2D eigenvalue weighted by atomic mass is 9.53. The summed E-state index contributed by atoms with van der Waals surface area (Å²) in [6.07, 6.45) is -31.9. The number of alkyl halides is 18. The summed E-state index contributed by atoms with van der Waals surface area (Å²) in [5.74, 6) is -1.81. The molecule has 0 aliphatic heterocycles. The highest BCUT2D eigenvalue weighted by atomic mass is 19.4. The molecule has 1 nitrogen and oxygen atoms in total. The number of benzene rings is 3. The van der Waals surface area contributed by atoms with E-state index in [1.54, 1.807) is 0 Å². The molecule has 3 unspecified atom stereocenters. The van der Waals surface area contributed by atoms with Gasteiger partial charge in [0.1, 0.15) is 0 Å². The molecule has 0 bridgehead atoms. The van der Waals surface area contributed by atoms with E-state index >= 15 is 0 Å². The molecule has 0 radical (unpaired) electrons. The molecule has 19 heteroatoms. The first-order valence-corrected chi connectivity index (χ1v) is 15.5. The molecule has 0 amide bonds. The minimum Gasteiger partial charge on any atom is -0.364 e. The van der Waals surface area contributed by atoms with Crippen LogP contribution in [0, 0.1) is 0 Å². The number of hydrogen-bond acceptors (Lipinski definition) is 0. The first-order valence-electron chi connectivity index (χ1n) is 15.5. The van der Waals surface area contributed by atoms with E-state index in [0.29, 0.717) is 0 Å². The third kappa shape index (κ3) is 8.34. The van der Waals surface area contributed by atoms with Crippen LogP contribution in [0.1, 0.15) is 82.0 Å². The Bertz CT molecular complexity index is 1990. The zero-order chi connectivity index (χ0) is 41.5. The van der Waals surface area contributed by atoms with Gasteiger partial charge in [0.2, 0.25) is 0 Å². The number of H-pyrrole nitrogens is 1. The number of aromatic nitrogens is 1. The lowest BCUT2D eigenvalue weighted by molar-refractivity contribution is -0.144. The minimum atomic E-state index is -5.49. The summed E-state index contributed by atoms with van der Waals surface area (Å²) in [4.78, 5) is 2.61. The highest BCUT2D eigenvalue weighted by Gasteiger charge is 2.52. The molecule has 3 atom stereocenters. The summed E-state index contributed by atoms with van der Waals surface area (Å²) >= 11 is 0. The molecule has 4 aromatic rings. The van der Waals surface area contributed by atoms with E-state index in [2.05, 4.69) is 4.98 Å². The van der Waals surface area contributed by atoms with Crippen molar-refractivity contribution in [3.05, 3.63) is 135 Å². The Morgan fingerprint density at radius 1 is 0.491 bits per heavy atom. The van der Waals surface area contributed by atoms with Crippen LogP contribution in [0.25, 0.3) is 5.57 Å². The molecule has 0 saturated carbocycles. The molecule has 1 aromatic heterocycles. The Kier molecular flexibility index (Phi) is 9.83. The van der Waals surface area contributed by atoms with Crippen molar-refractivity contribution in [3.8, 4) is 0 Å². The second-order valence-corrected chi connectivity index (χ2v) is 13.6. The van der Waals surface area contributed by atoms with Crippen LogP contribution in [0.15, 0.2) is 79.0 Å². The molecule has 298 valence electrons. The summed E-state index contributed by atoms with van der Waals surface area (Å²) < 4.78 is 254. The van der Waals surface area contributed by atoms with Crippen molar-refractivity contribution in [2.24, 2.45) is 0 Å². The van der Waals surface area contributed by atoms with Crippen LogP contribution in [0.3, 0.4) is 0 Å². The van der Waals surface area contributed by atoms with Crippen molar-refractivity contribution in [3.63, 3.8) is 0 Å². The Labute approximate surface area is 298 Å². The molecule has 0 saturated heterocycles. The lowest BCUT2D eigenvalue weighted by Crippen LogP contribution is -2.43. The van der Waals surface area contributed by atoms with Crippen molar-refractivity contribution in [2.75, 3.05) is 0 Å². The van der Waals surface area contributed by atoms with Crippen molar-refractivity contribution >= 4 is 5.57 Å². The molecular formula is C36H23F18N. The Morgan fingerprint density at radius 2 is 0.836 bits per heavy atom. The van der Waals surface area contributed by atoms with Crippen LogP contribution in [0.2, 0.25) is 0 Å². The van der Waals surface area contributed by atoms with E-state index in [1.165, 1.54) is 6.07 Å². The molecular weight excluding hydrogens is 788 g/mol. The van der Waals surface area contributed by atoms with Gasteiger partial charge in [0.25, 0.3) is 0 Å². The lowest BCUT2D eigenvalue weighted by Gasteiger charge is -2.50. The highest BCUT2D eigenvalue weighted by molar-refractivity contribution is 5.78. The highest BCUT2D eigenvalue weighted by Crippen LogP contribution is 2.59. The summed E-state index contributed by atoms with van der Waals surface area (Å²) in [5, 5.41) is 0. The van der Waals surface area contributed by atoms with E-state index in [4.69, 9.17) is 0 Å². The van der Waals surface area contributed by atoms with E-state index < -0.39 is 116 Å². The van der Waals surface area contributed by atoms with Gasteiger partial charge in [-0.3, -0.25) is 0 Å². The maximum Gasteiger partial charge on any atom is 0.416 e. The Morgan fingerprint density at radius 3 is 1.16 bits per heavy atom. The van der Waals surface area contributed by atoms with E-state index in [-0.39, 0.29) is 60.3 Å².